The Bertz CT molecular complexity index is 261. The van der Waals surface area contributed by atoms with Gasteiger partial charge in [0.25, 0.3) is 0 Å². The third-order valence-electron chi connectivity index (χ3n) is 2.70. The van der Waals surface area contributed by atoms with E-state index >= 15 is 0 Å². The SMILES string of the molecule is CC1(C(=O)N[C@H](CO)C(=O)O)CCNC1. The van der Waals surface area contributed by atoms with Crippen LogP contribution in [0.15, 0.2) is 0 Å². The van der Waals surface area contributed by atoms with Gasteiger partial charge in [0.2, 0.25) is 5.91 Å². The molecule has 4 N–H and O–H groups in total. The number of carboxylic acids is 1. The monoisotopic (exact) mass is 216 g/mol. The van der Waals surface area contributed by atoms with Crippen molar-refractivity contribution in [1.29, 1.82) is 0 Å². The Labute approximate surface area is 87.7 Å². The zero-order valence-electron chi connectivity index (χ0n) is 8.62. The van der Waals surface area contributed by atoms with Gasteiger partial charge in [-0.05, 0) is 19.9 Å². The first-order valence-electron chi connectivity index (χ1n) is 4.85. The summed E-state index contributed by atoms with van der Waals surface area (Å²) in [6, 6.07) is -1.21. The summed E-state index contributed by atoms with van der Waals surface area (Å²) in [5.41, 5.74) is -0.567. The maximum absolute atomic E-state index is 11.7. The van der Waals surface area contributed by atoms with E-state index in [9.17, 15) is 9.59 Å². The molecule has 1 unspecified atom stereocenters. The second kappa shape index (κ2) is 4.59. The van der Waals surface area contributed by atoms with Crippen molar-refractivity contribution in [2.24, 2.45) is 5.41 Å². The molecule has 86 valence electrons. The number of carbonyl (C=O) groups is 2. The van der Waals surface area contributed by atoms with Crippen LogP contribution in [-0.4, -0.2) is 47.8 Å². The highest BCUT2D eigenvalue weighted by molar-refractivity contribution is 5.87. The van der Waals surface area contributed by atoms with Gasteiger partial charge < -0.3 is 20.8 Å². The lowest BCUT2D eigenvalue weighted by Gasteiger charge is -2.23. The number of aliphatic carboxylic acids is 1. The fourth-order valence-electron chi connectivity index (χ4n) is 1.53. The molecule has 1 saturated heterocycles. The molecule has 0 spiro atoms. The molecular weight excluding hydrogens is 200 g/mol. The van der Waals surface area contributed by atoms with Gasteiger partial charge in [-0.15, -0.1) is 0 Å². The van der Waals surface area contributed by atoms with Crippen LogP contribution in [0.3, 0.4) is 0 Å². The number of amides is 1. The second-order valence-corrected chi connectivity index (χ2v) is 4.03. The summed E-state index contributed by atoms with van der Waals surface area (Å²) >= 11 is 0. The van der Waals surface area contributed by atoms with Crippen LogP contribution in [0.2, 0.25) is 0 Å². The van der Waals surface area contributed by atoms with E-state index in [-0.39, 0.29) is 5.91 Å². The van der Waals surface area contributed by atoms with E-state index in [1.807, 2.05) is 0 Å². The minimum atomic E-state index is -1.22. The molecule has 15 heavy (non-hydrogen) atoms. The minimum Gasteiger partial charge on any atom is -0.480 e. The number of rotatable bonds is 4. The van der Waals surface area contributed by atoms with Crippen molar-refractivity contribution in [3.63, 3.8) is 0 Å². The van der Waals surface area contributed by atoms with Crippen LogP contribution in [0.5, 0.6) is 0 Å². The first kappa shape index (κ1) is 11.9. The van der Waals surface area contributed by atoms with Gasteiger partial charge in [0, 0.05) is 6.54 Å². The van der Waals surface area contributed by atoms with Gasteiger partial charge in [-0.25, -0.2) is 4.79 Å². The summed E-state index contributed by atoms with van der Waals surface area (Å²) in [6.45, 7) is 2.47. The standard InChI is InChI=1S/C9H16N2O4/c1-9(2-3-10-5-9)8(15)11-6(4-12)7(13)14/h6,10,12H,2-5H2,1H3,(H,11,15)(H,13,14)/t6-,9?/m1/s1. The lowest BCUT2D eigenvalue weighted by molar-refractivity contribution is -0.144. The highest BCUT2D eigenvalue weighted by Crippen LogP contribution is 2.24. The second-order valence-electron chi connectivity index (χ2n) is 4.03. The van der Waals surface area contributed by atoms with Crippen molar-refractivity contribution in [3.05, 3.63) is 0 Å². The summed E-state index contributed by atoms with van der Waals surface area (Å²) in [5, 5.41) is 22.8. The zero-order chi connectivity index (χ0) is 11.5. The molecule has 0 radical (unpaired) electrons. The van der Waals surface area contributed by atoms with Gasteiger partial charge in [-0.2, -0.15) is 0 Å². The third kappa shape index (κ3) is 2.66. The quantitative estimate of drug-likeness (QED) is 0.461. The van der Waals surface area contributed by atoms with Gasteiger partial charge in [-0.3, -0.25) is 4.79 Å². The first-order valence-corrected chi connectivity index (χ1v) is 4.85. The number of hydrogen-bond donors (Lipinski definition) is 4. The van der Waals surface area contributed by atoms with Crippen LogP contribution < -0.4 is 10.6 Å². The molecular formula is C9H16N2O4. The number of aliphatic hydroxyl groups excluding tert-OH is 1. The van der Waals surface area contributed by atoms with Gasteiger partial charge in [0.1, 0.15) is 6.04 Å². The topological polar surface area (TPSA) is 98.7 Å². The Morgan fingerprint density at radius 1 is 1.60 bits per heavy atom. The highest BCUT2D eigenvalue weighted by atomic mass is 16.4. The summed E-state index contributed by atoms with van der Waals surface area (Å²) < 4.78 is 0. The van der Waals surface area contributed by atoms with Crippen molar-refractivity contribution in [3.8, 4) is 0 Å². The fraction of sp³-hybridized carbons (Fsp3) is 0.778. The highest BCUT2D eigenvalue weighted by Gasteiger charge is 2.37. The van der Waals surface area contributed by atoms with E-state index in [2.05, 4.69) is 10.6 Å². The summed E-state index contributed by atoms with van der Waals surface area (Å²) in [5.74, 6) is -1.55. The number of carboxylic acid groups (broad SMARTS) is 1. The lowest BCUT2D eigenvalue weighted by Crippen LogP contribution is -2.49. The van der Waals surface area contributed by atoms with Gasteiger partial charge >= 0.3 is 5.97 Å². The molecule has 1 heterocycles. The Morgan fingerprint density at radius 2 is 2.27 bits per heavy atom. The maximum Gasteiger partial charge on any atom is 0.328 e. The van der Waals surface area contributed by atoms with Gasteiger partial charge in [0.15, 0.2) is 0 Å². The van der Waals surface area contributed by atoms with Crippen LogP contribution in [-0.2, 0) is 9.59 Å². The molecule has 6 nitrogen and oxygen atoms in total. The lowest BCUT2D eigenvalue weighted by atomic mass is 9.88. The van der Waals surface area contributed by atoms with E-state index in [0.29, 0.717) is 13.0 Å². The predicted octanol–water partition coefficient (Wildman–Crippen LogP) is -1.45. The van der Waals surface area contributed by atoms with Crippen LogP contribution in [0.4, 0.5) is 0 Å². The molecule has 1 aliphatic rings. The number of hydrogen-bond acceptors (Lipinski definition) is 4. The van der Waals surface area contributed by atoms with Crippen LogP contribution in [0.1, 0.15) is 13.3 Å². The van der Waals surface area contributed by atoms with Gasteiger partial charge in [-0.1, -0.05) is 0 Å². The molecule has 0 aliphatic carbocycles. The Balaban J connectivity index is 2.57. The largest absolute Gasteiger partial charge is 0.480 e. The Hall–Kier alpha value is -1.14. The molecule has 1 fully saturated rings. The molecule has 0 bridgehead atoms. The average Bonchev–Trinajstić information content (AvgIpc) is 2.61. The third-order valence-corrected chi connectivity index (χ3v) is 2.70. The normalized spacial score (nSPS) is 27.3. The molecule has 0 saturated carbocycles. The van der Waals surface area contributed by atoms with Crippen molar-refractivity contribution in [2.45, 2.75) is 19.4 Å². The van der Waals surface area contributed by atoms with E-state index in [1.165, 1.54) is 0 Å². The average molecular weight is 216 g/mol. The maximum atomic E-state index is 11.7. The molecule has 1 aliphatic heterocycles. The Morgan fingerprint density at radius 3 is 2.67 bits per heavy atom. The Kier molecular flexibility index (Phi) is 3.65. The molecule has 0 aromatic rings. The van der Waals surface area contributed by atoms with Crippen molar-refractivity contribution in [2.75, 3.05) is 19.7 Å². The smallest absolute Gasteiger partial charge is 0.328 e. The summed E-state index contributed by atoms with van der Waals surface area (Å²) in [6.07, 6.45) is 0.677. The first-order chi connectivity index (χ1) is 6.99. The van der Waals surface area contributed by atoms with Gasteiger partial charge in [0.05, 0.1) is 12.0 Å². The van der Waals surface area contributed by atoms with Crippen LogP contribution in [0.25, 0.3) is 0 Å². The van der Waals surface area contributed by atoms with Crippen molar-refractivity contribution >= 4 is 11.9 Å². The minimum absolute atomic E-state index is 0.325. The molecule has 2 atom stereocenters. The van der Waals surface area contributed by atoms with E-state index in [0.717, 1.165) is 6.54 Å². The molecule has 0 aromatic heterocycles. The molecule has 6 heteroatoms. The number of carbonyl (C=O) groups excluding carboxylic acids is 1. The fourth-order valence-corrected chi connectivity index (χ4v) is 1.53. The summed E-state index contributed by atoms with van der Waals surface area (Å²) in [4.78, 5) is 22.3. The van der Waals surface area contributed by atoms with E-state index < -0.39 is 24.0 Å². The van der Waals surface area contributed by atoms with E-state index in [1.54, 1.807) is 6.92 Å². The molecule has 1 amide bonds. The van der Waals surface area contributed by atoms with Crippen molar-refractivity contribution < 1.29 is 19.8 Å². The van der Waals surface area contributed by atoms with E-state index in [4.69, 9.17) is 10.2 Å². The van der Waals surface area contributed by atoms with Crippen molar-refractivity contribution in [1.82, 2.24) is 10.6 Å². The number of aliphatic hydroxyl groups is 1. The molecule has 0 aromatic carbocycles. The zero-order valence-corrected chi connectivity index (χ0v) is 8.62. The van der Waals surface area contributed by atoms with Crippen LogP contribution in [0, 0.1) is 5.41 Å². The molecule has 1 rings (SSSR count). The number of nitrogens with one attached hydrogen (secondary N) is 2. The van der Waals surface area contributed by atoms with Crippen LogP contribution >= 0.6 is 0 Å². The predicted molar refractivity (Wildman–Crippen MR) is 52.2 cm³/mol. The summed E-state index contributed by atoms with van der Waals surface area (Å²) in [7, 11) is 0.